The third-order valence-corrected chi connectivity index (χ3v) is 4.57. The SMILES string of the molecule is CCOc1ccc(NC(=O)N2CCCC2c2c(C)noc2CC)cc1. The normalized spacial score (nSPS) is 16.9. The fraction of sp³-hybridized carbons (Fsp3) is 0.474. The van der Waals surface area contributed by atoms with Gasteiger partial charge in [-0.05, 0) is 51.0 Å². The van der Waals surface area contributed by atoms with E-state index in [2.05, 4.69) is 10.5 Å². The molecule has 1 N–H and O–H groups in total. The highest BCUT2D eigenvalue weighted by Gasteiger charge is 2.34. The van der Waals surface area contributed by atoms with Gasteiger partial charge >= 0.3 is 6.03 Å². The Labute approximate surface area is 148 Å². The summed E-state index contributed by atoms with van der Waals surface area (Å²) in [7, 11) is 0. The van der Waals surface area contributed by atoms with Crippen LogP contribution < -0.4 is 10.1 Å². The van der Waals surface area contributed by atoms with Crippen molar-refractivity contribution >= 4 is 11.7 Å². The zero-order chi connectivity index (χ0) is 17.8. The molecule has 1 aliphatic heterocycles. The van der Waals surface area contributed by atoms with Gasteiger partial charge in [0.05, 0.1) is 18.3 Å². The fourth-order valence-electron chi connectivity index (χ4n) is 3.41. The van der Waals surface area contributed by atoms with Crippen LogP contribution in [0.4, 0.5) is 10.5 Å². The maximum absolute atomic E-state index is 12.8. The summed E-state index contributed by atoms with van der Waals surface area (Å²) in [5.74, 6) is 1.68. The summed E-state index contributed by atoms with van der Waals surface area (Å²) in [5.41, 5.74) is 2.71. The van der Waals surface area contributed by atoms with Gasteiger partial charge in [-0.15, -0.1) is 0 Å². The molecule has 1 aliphatic rings. The molecule has 0 aliphatic carbocycles. The van der Waals surface area contributed by atoms with Gasteiger partial charge in [-0.2, -0.15) is 0 Å². The monoisotopic (exact) mass is 343 g/mol. The summed E-state index contributed by atoms with van der Waals surface area (Å²) >= 11 is 0. The minimum absolute atomic E-state index is 0.0314. The first-order valence-electron chi connectivity index (χ1n) is 8.89. The molecule has 1 unspecified atom stereocenters. The average molecular weight is 343 g/mol. The third kappa shape index (κ3) is 3.62. The summed E-state index contributed by atoms with van der Waals surface area (Å²) in [6.45, 7) is 7.29. The Bertz CT molecular complexity index is 724. The second-order valence-corrected chi connectivity index (χ2v) is 6.20. The van der Waals surface area contributed by atoms with E-state index in [0.717, 1.165) is 54.3 Å². The lowest BCUT2D eigenvalue weighted by atomic mass is 10.0. The molecule has 2 aromatic rings. The van der Waals surface area contributed by atoms with Crippen LogP contribution in [0.25, 0.3) is 0 Å². The van der Waals surface area contributed by atoms with Crippen molar-refractivity contribution in [2.24, 2.45) is 0 Å². The number of anilines is 1. The first-order valence-corrected chi connectivity index (χ1v) is 8.89. The van der Waals surface area contributed by atoms with Crippen LogP contribution in [0, 0.1) is 6.92 Å². The van der Waals surface area contributed by atoms with Gasteiger partial charge in [0.2, 0.25) is 0 Å². The average Bonchev–Trinajstić information content (AvgIpc) is 3.22. The van der Waals surface area contributed by atoms with Gasteiger partial charge in [-0.25, -0.2) is 4.79 Å². The second-order valence-electron chi connectivity index (χ2n) is 6.20. The number of likely N-dealkylation sites (tertiary alicyclic amines) is 1. The van der Waals surface area contributed by atoms with Crippen LogP contribution in [0.5, 0.6) is 5.75 Å². The first kappa shape index (κ1) is 17.3. The Balaban J connectivity index is 1.73. The topological polar surface area (TPSA) is 67.6 Å². The molecular formula is C19H25N3O3. The largest absolute Gasteiger partial charge is 0.494 e. The zero-order valence-corrected chi connectivity index (χ0v) is 15.0. The van der Waals surface area contributed by atoms with E-state index in [4.69, 9.17) is 9.26 Å². The van der Waals surface area contributed by atoms with E-state index in [-0.39, 0.29) is 12.1 Å². The molecule has 25 heavy (non-hydrogen) atoms. The zero-order valence-electron chi connectivity index (χ0n) is 15.0. The number of amides is 2. The lowest BCUT2D eigenvalue weighted by molar-refractivity contribution is 0.206. The van der Waals surface area contributed by atoms with Gasteiger partial charge in [0.25, 0.3) is 0 Å². The van der Waals surface area contributed by atoms with E-state index in [1.54, 1.807) is 0 Å². The van der Waals surface area contributed by atoms with Crippen molar-refractivity contribution in [2.45, 2.75) is 46.1 Å². The van der Waals surface area contributed by atoms with Crippen molar-refractivity contribution in [3.05, 3.63) is 41.3 Å². The highest BCUT2D eigenvalue weighted by atomic mass is 16.5. The second kappa shape index (κ2) is 7.59. The number of aryl methyl sites for hydroxylation is 2. The van der Waals surface area contributed by atoms with Gasteiger partial charge in [-0.3, -0.25) is 0 Å². The molecule has 1 aromatic heterocycles. The van der Waals surface area contributed by atoms with Gasteiger partial charge in [0.15, 0.2) is 0 Å². The Morgan fingerprint density at radius 1 is 1.36 bits per heavy atom. The molecule has 2 heterocycles. The van der Waals surface area contributed by atoms with Gasteiger partial charge < -0.3 is 19.5 Å². The number of urea groups is 1. The van der Waals surface area contributed by atoms with Crippen LogP contribution in [0.3, 0.4) is 0 Å². The van der Waals surface area contributed by atoms with Crippen molar-refractivity contribution in [2.75, 3.05) is 18.5 Å². The van der Waals surface area contributed by atoms with E-state index >= 15 is 0 Å². The number of nitrogens with zero attached hydrogens (tertiary/aromatic N) is 2. The molecule has 0 radical (unpaired) electrons. The number of carbonyl (C=O) groups excluding carboxylic acids is 1. The molecule has 134 valence electrons. The lowest BCUT2D eigenvalue weighted by Crippen LogP contribution is -2.34. The van der Waals surface area contributed by atoms with E-state index in [9.17, 15) is 4.79 Å². The predicted octanol–water partition coefficient (Wildman–Crippen LogP) is 4.31. The molecule has 1 aromatic carbocycles. The number of aromatic nitrogens is 1. The molecule has 6 nitrogen and oxygen atoms in total. The Morgan fingerprint density at radius 2 is 2.12 bits per heavy atom. The van der Waals surface area contributed by atoms with E-state index in [0.29, 0.717) is 6.61 Å². The highest BCUT2D eigenvalue weighted by Crippen LogP contribution is 2.36. The molecule has 1 saturated heterocycles. The van der Waals surface area contributed by atoms with Gasteiger partial charge in [0, 0.05) is 24.2 Å². The summed E-state index contributed by atoms with van der Waals surface area (Å²) in [6.07, 6.45) is 2.70. The van der Waals surface area contributed by atoms with Crippen molar-refractivity contribution in [3.63, 3.8) is 0 Å². The molecule has 1 fully saturated rings. The number of hydrogen-bond acceptors (Lipinski definition) is 4. The third-order valence-electron chi connectivity index (χ3n) is 4.57. The summed E-state index contributed by atoms with van der Waals surface area (Å²) in [5, 5.41) is 7.07. The Kier molecular flexibility index (Phi) is 5.26. The number of hydrogen-bond donors (Lipinski definition) is 1. The maximum atomic E-state index is 12.8. The summed E-state index contributed by atoms with van der Waals surface area (Å²) in [4.78, 5) is 14.7. The van der Waals surface area contributed by atoms with Crippen LogP contribution in [0.15, 0.2) is 28.8 Å². The minimum atomic E-state index is -0.0886. The number of benzene rings is 1. The molecular weight excluding hydrogens is 318 g/mol. The molecule has 3 rings (SSSR count). The first-order chi connectivity index (χ1) is 12.1. The van der Waals surface area contributed by atoms with Crippen LogP contribution in [0.2, 0.25) is 0 Å². The molecule has 6 heteroatoms. The van der Waals surface area contributed by atoms with Crippen molar-refractivity contribution in [3.8, 4) is 5.75 Å². The summed E-state index contributed by atoms with van der Waals surface area (Å²) < 4.78 is 10.8. The Morgan fingerprint density at radius 3 is 2.80 bits per heavy atom. The molecule has 0 bridgehead atoms. The van der Waals surface area contributed by atoms with Crippen LogP contribution in [0.1, 0.15) is 49.7 Å². The molecule has 2 amide bonds. The number of carbonyl (C=O) groups is 1. The standard InChI is InChI=1S/C19H25N3O3/c1-4-17-18(13(3)21-25-17)16-7-6-12-22(16)19(23)20-14-8-10-15(11-9-14)24-5-2/h8-11,16H,4-7,12H2,1-3H3,(H,20,23). The quantitative estimate of drug-likeness (QED) is 0.878. The minimum Gasteiger partial charge on any atom is -0.494 e. The van der Waals surface area contributed by atoms with Crippen molar-refractivity contribution < 1.29 is 14.1 Å². The van der Waals surface area contributed by atoms with Crippen LogP contribution in [-0.4, -0.2) is 29.2 Å². The predicted molar refractivity (Wildman–Crippen MR) is 95.9 cm³/mol. The smallest absolute Gasteiger partial charge is 0.322 e. The number of nitrogens with one attached hydrogen (secondary N) is 1. The van der Waals surface area contributed by atoms with Crippen molar-refractivity contribution in [1.29, 1.82) is 0 Å². The number of ether oxygens (including phenoxy) is 1. The van der Waals surface area contributed by atoms with Gasteiger partial charge in [0.1, 0.15) is 11.5 Å². The Hall–Kier alpha value is -2.50. The van der Waals surface area contributed by atoms with E-state index < -0.39 is 0 Å². The van der Waals surface area contributed by atoms with E-state index in [1.165, 1.54) is 0 Å². The molecule has 1 atom stereocenters. The molecule has 0 saturated carbocycles. The fourth-order valence-corrected chi connectivity index (χ4v) is 3.41. The number of rotatable bonds is 5. The van der Waals surface area contributed by atoms with Crippen molar-refractivity contribution in [1.82, 2.24) is 10.1 Å². The van der Waals surface area contributed by atoms with E-state index in [1.807, 2.05) is 49.9 Å². The summed E-state index contributed by atoms with van der Waals surface area (Å²) in [6, 6.07) is 7.38. The lowest BCUT2D eigenvalue weighted by Gasteiger charge is -2.25. The molecule has 0 spiro atoms. The van der Waals surface area contributed by atoms with Crippen LogP contribution in [-0.2, 0) is 6.42 Å². The van der Waals surface area contributed by atoms with Gasteiger partial charge in [-0.1, -0.05) is 12.1 Å². The highest BCUT2D eigenvalue weighted by molar-refractivity contribution is 5.89. The maximum Gasteiger partial charge on any atom is 0.322 e. The van der Waals surface area contributed by atoms with Crippen LogP contribution >= 0.6 is 0 Å².